The number of carboxylic acids is 1. The van der Waals surface area contributed by atoms with Crippen LogP contribution < -0.4 is 15.5 Å². The number of urea groups is 1. The van der Waals surface area contributed by atoms with E-state index in [0.29, 0.717) is 26.2 Å². The molecule has 1 aromatic carbocycles. The number of carboxylic acid groups (broad SMARTS) is 1. The third kappa shape index (κ3) is 6.41. The summed E-state index contributed by atoms with van der Waals surface area (Å²) in [6.07, 6.45) is 5.17. The molecule has 1 fully saturated rings. The van der Waals surface area contributed by atoms with Crippen molar-refractivity contribution < 1.29 is 19.5 Å². The minimum absolute atomic E-state index is 0.0326. The van der Waals surface area contributed by atoms with E-state index in [1.807, 2.05) is 43.3 Å². The molecule has 4 rings (SSSR count). The van der Waals surface area contributed by atoms with Crippen molar-refractivity contribution in [2.75, 3.05) is 29.6 Å². The van der Waals surface area contributed by atoms with Crippen LogP contribution in [0.3, 0.4) is 0 Å². The Labute approximate surface area is 217 Å². The van der Waals surface area contributed by atoms with Crippen LogP contribution >= 0.6 is 23.1 Å². The van der Waals surface area contributed by atoms with Gasteiger partial charge in [-0.3, -0.25) is 14.9 Å². The summed E-state index contributed by atoms with van der Waals surface area (Å²) in [6.45, 7) is 0. The van der Waals surface area contributed by atoms with E-state index in [1.54, 1.807) is 18.3 Å². The zero-order chi connectivity index (χ0) is 25.7. The monoisotopic (exact) mass is 525 g/mol. The quantitative estimate of drug-likeness (QED) is 0.317. The molecule has 0 unspecified atom stereocenters. The second-order valence-corrected chi connectivity index (χ2v) is 10.9. The molecule has 1 saturated carbocycles. The molecule has 0 aliphatic heterocycles. The Hall–Kier alpha value is -3.44. The number of ketones is 1. The van der Waals surface area contributed by atoms with Gasteiger partial charge in [-0.25, -0.2) is 14.8 Å². The lowest BCUT2D eigenvalue weighted by atomic mass is 9.94. The number of anilines is 3. The summed E-state index contributed by atoms with van der Waals surface area (Å²) in [7, 11) is 3.80. The summed E-state index contributed by atoms with van der Waals surface area (Å²) in [5.74, 6) is -1.01. The van der Waals surface area contributed by atoms with Crippen LogP contribution in [0.4, 0.5) is 21.3 Å². The van der Waals surface area contributed by atoms with E-state index in [4.69, 9.17) is 0 Å². The number of pyridine rings is 1. The van der Waals surface area contributed by atoms with E-state index >= 15 is 0 Å². The molecular weight excluding hydrogens is 498 g/mol. The number of rotatable bonds is 9. The molecule has 36 heavy (non-hydrogen) atoms. The highest BCUT2D eigenvalue weighted by molar-refractivity contribution is 8.01. The van der Waals surface area contributed by atoms with Crippen molar-refractivity contribution in [2.45, 2.75) is 41.3 Å². The Balaban J connectivity index is 1.53. The predicted octanol–water partition coefficient (Wildman–Crippen LogP) is 5.40. The van der Waals surface area contributed by atoms with Gasteiger partial charge in [-0.15, -0.1) is 0 Å². The predicted molar refractivity (Wildman–Crippen MR) is 142 cm³/mol. The maximum Gasteiger partial charge on any atom is 0.325 e. The van der Waals surface area contributed by atoms with Gasteiger partial charge in [0, 0.05) is 37.5 Å². The van der Waals surface area contributed by atoms with Gasteiger partial charge in [-0.1, -0.05) is 42.0 Å². The van der Waals surface area contributed by atoms with E-state index < -0.39 is 12.0 Å². The highest BCUT2D eigenvalue weighted by Gasteiger charge is 2.27. The number of aliphatic carboxylic acids is 1. The maximum atomic E-state index is 13.2. The van der Waals surface area contributed by atoms with E-state index in [2.05, 4.69) is 20.6 Å². The van der Waals surface area contributed by atoms with Crippen LogP contribution in [0.2, 0.25) is 0 Å². The summed E-state index contributed by atoms with van der Waals surface area (Å²) in [4.78, 5) is 48.0. The fraction of sp³-hybridized carbons (Fsp3) is 0.320. The van der Waals surface area contributed by atoms with Gasteiger partial charge in [0.15, 0.2) is 10.9 Å². The standard InChI is InChI=1S/C25H27N5O4S2/c1-30(2)16-10-11-18(17(13-16)22(33)15-7-3-4-8-15)27-24(34)29-25-28-19(14-21(31)32)23(36-25)35-20-9-5-6-12-26-20/h5-6,9-13,15H,3-4,7-8,14H2,1-2H3,(H,31,32)(H2,27,28,29,34). The second-order valence-electron chi connectivity index (χ2n) is 8.64. The van der Waals surface area contributed by atoms with Gasteiger partial charge in [-0.05, 0) is 43.2 Å². The fourth-order valence-corrected chi connectivity index (χ4v) is 6.07. The molecular formula is C25H27N5O4S2. The van der Waals surface area contributed by atoms with Crippen molar-refractivity contribution in [3.8, 4) is 0 Å². The van der Waals surface area contributed by atoms with E-state index in [-0.39, 0.29) is 23.3 Å². The molecule has 188 valence electrons. The van der Waals surface area contributed by atoms with Crippen molar-refractivity contribution in [1.29, 1.82) is 0 Å². The molecule has 0 radical (unpaired) electrons. The fourth-order valence-electron chi connectivity index (χ4n) is 4.01. The topological polar surface area (TPSA) is 125 Å². The van der Waals surface area contributed by atoms with Crippen molar-refractivity contribution in [3.05, 3.63) is 53.9 Å². The summed E-state index contributed by atoms with van der Waals surface area (Å²) >= 11 is 2.47. The molecule has 1 aliphatic carbocycles. The second kappa shape index (κ2) is 11.5. The molecule has 0 bridgehead atoms. The average Bonchev–Trinajstić information content (AvgIpc) is 3.50. The zero-order valence-corrected chi connectivity index (χ0v) is 21.6. The lowest BCUT2D eigenvalue weighted by Crippen LogP contribution is -2.22. The Kier molecular flexibility index (Phi) is 8.21. The molecule has 0 atom stereocenters. The van der Waals surface area contributed by atoms with Gasteiger partial charge >= 0.3 is 12.0 Å². The minimum atomic E-state index is -1.02. The normalized spacial score (nSPS) is 13.4. The zero-order valence-electron chi connectivity index (χ0n) is 20.0. The number of amides is 2. The molecule has 1 aliphatic rings. The first-order chi connectivity index (χ1) is 17.3. The van der Waals surface area contributed by atoms with Crippen LogP contribution in [0.1, 0.15) is 41.7 Å². The maximum absolute atomic E-state index is 13.2. The molecule has 2 amide bonds. The third-order valence-electron chi connectivity index (χ3n) is 5.79. The number of carbonyl (C=O) groups is 3. The smallest absolute Gasteiger partial charge is 0.325 e. The Morgan fingerprint density at radius 2 is 1.92 bits per heavy atom. The summed E-state index contributed by atoms with van der Waals surface area (Å²) in [5, 5.41) is 15.7. The number of carbonyl (C=O) groups excluding carboxylic acids is 2. The number of nitrogens with zero attached hydrogens (tertiary/aromatic N) is 3. The van der Waals surface area contributed by atoms with Gasteiger partial charge in [0.2, 0.25) is 0 Å². The van der Waals surface area contributed by atoms with Crippen LogP contribution in [0.25, 0.3) is 0 Å². The Morgan fingerprint density at radius 3 is 2.58 bits per heavy atom. The van der Waals surface area contributed by atoms with Crippen LogP contribution in [-0.4, -0.2) is 47.0 Å². The number of hydrogen-bond donors (Lipinski definition) is 3. The van der Waals surface area contributed by atoms with E-state index in [0.717, 1.165) is 31.4 Å². The minimum Gasteiger partial charge on any atom is -0.481 e. The molecule has 3 aromatic rings. The average molecular weight is 526 g/mol. The summed E-state index contributed by atoms with van der Waals surface area (Å²) in [5.41, 5.74) is 2.14. The first kappa shape index (κ1) is 25.6. The summed E-state index contributed by atoms with van der Waals surface area (Å²) < 4.78 is 0.638. The van der Waals surface area contributed by atoms with Crippen LogP contribution in [0.5, 0.6) is 0 Å². The van der Waals surface area contributed by atoms with Crippen LogP contribution in [-0.2, 0) is 11.2 Å². The first-order valence-electron chi connectivity index (χ1n) is 11.5. The largest absolute Gasteiger partial charge is 0.481 e. The van der Waals surface area contributed by atoms with Crippen LogP contribution in [0.15, 0.2) is 51.8 Å². The molecule has 2 heterocycles. The Bertz CT molecular complexity index is 1260. The molecule has 2 aromatic heterocycles. The van der Waals surface area contributed by atoms with Crippen LogP contribution in [0, 0.1) is 5.92 Å². The highest BCUT2D eigenvalue weighted by Crippen LogP contribution is 2.37. The number of Topliss-reactive ketones (excluding diaryl/α,β-unsaturated/α-hetero) is 1. The number of aromatic nitrogens is 2. The van der Waals surface area contributed by atoms with Crippen molar-refractivity contribution in [2.24, 2.45) is 5.92 Å². The molecule has 3 N–H and O–H groups in total. The Morgan fingerprint density at radius 1 is 1.14 bits per heavy atom. The third-order valence-corrected chi connectivity index (χ3v) is 7.97. The van der Waals surface area contributed by atoms with Gasteiger partial charge < -0.3 is 15.3 Å². The first-order valence-corrected chi connectivity index (χ1v) is 13.2. The SMILES string of the molecule is CN(C)c1ccc(NC(=O)Nc2nc(CC(=O)O)c(Sc3ccccn3)s2)c(C(=O)C2CCCC2)c1. The van der Waals surface area contributed by atoms with Gasteiger partial charge in [0.05, 0.1) is 22.0 Å². The lowest BCUT2D eigenvalue weighted by molar-refractivity contribution is -0.136. The molecule has 0 spiro atoms. The van der Waals surface area contributed by atoms with E-state index in [1.165, 1.54) is 23.1 Å². The van der Waals surface area contributed by atoms with Crippen molar-refractivity contribution in [1.82, 2.24) is 9.97 Å². The van der Waals surface area contributed by atoms with Crippen molar-refractivity contribution in [3.63, 3.8) is 0 Å². The lowest BCUT2D eigenvalue weighted by Gasteiger charge is -2.18. The number of benzene rings is 1. The van der Waals surface area contributed by atoms with E-state index in [9.17, 15) is 19.5 Å². The number of thiazole rings is 1. The van der Waals surface area contributed by atoms with Gasteiger partial charge in [-0.2, -0.15) is 0 Å². The number of hydrogen-bond acceptors (Lipinski definition) is 8. The molecule has 0 saturated heterocycles. The highest BCUT2D eigenvalue weighted by atomic mass is 32.2. The van der Waals surface area contributed by atoms with Gasteiger partial charge in [0.1, 0.15) is 5.03 Å². The summed E-state index contributed by atoms with van der Waals surface area (Å²) in [6, 6.07) is 10.3. The molecule has 9 nitrogen and oxygen atoms in total. The van der Waals surface area contributed by atoms with Gasteiger partial charge in [0.25, 0.3) is 0 Å². The number of nitrogens with one attached hydrogen (secondary N) is 2. The van der Waals surface area contributed by atoms with Crippen molar-refractivity contribution >= 4 is 57.4 Å². The molecule has 11 heteroatoms.